The summed E-state index contributed by atoms with van der Waals surface area (Å²) in [5.74, 6) is -0.697. The highest BCUT2D eigenvalue weighted by Crippen LogP contribution is 2.25. The van der Waals surface area contributed by atoms with Crippen LogP contribution in [0.4, 0.5) is 0 Å². The van der Waals surface area contributed by atoms with E-state index < -0.39 is 16.0 Å². The lowest BCUT2D eigenvalue weighted by atomic mass is 9.97. The van der Waals surface area contributed by atoms with Gasteiger partial charge < -0.3 is 14.4 Å². The number of ether oxygens (including phenoxy) is 2. The lowest BCUT2D eigenvalue weighted by Gasteiger charge is -2.38. The largest absolute Gasteiger partial charge is 0.495 e. The van der Waals surface area contributed by atoms with Gasteiger partial charge in [-0.1, -0.05) is 6.07 Å². The number of nitrogens with zero attached hydrogens (tertiary/aromatic N) is 1. The van der Waals surface area contributed by atoms with E-state index in [0.29, 0.717) is 5.56 Å². The first-order valence-electron chi connectivity index (χ1n) is 9.47. The van der Waals surface area contributed by atoms with E-state index in [9.17, 15) is 18.0 Å². The van der Waals surface area contributed by atoms with E-state index in [1.165, 1.54) is 32.4 Å². The third kappa shape index (κ3) is 5.80. The molecule has 1 amide bonds. The quantitative estimate of drug-likeness (QED) is 0.530. The van der Waals surface area contributed by atoms with E-state index in [2.05, 4.69) is 4.72 Å². The lowest BCUT2D eigenvalue weighted by molar-refractivity contribution is -0.151. The Kier molecular flexibility index (Phi) is 7.80. The second kappa shape index (κ2) is 9.89. The molecular weight excluding hydrogens is 396 g/mol. The highest BCUT2D eigenvalue weighted by molar-refractivity contribution is 7.89. The summed E-state index contributed by atoms with van der Waals surface area (Å²) < 4.78 is 36.6. The Morgan fingerprint density at radius 1 is 1.24 bits per heavy atom. The summed E-state index contributed by atoms with van der Waals surface area (Å²) in [4.78, 5) is 26.1. The minimum Gasteiger partial charge on any atom is -0.495 e. The SMILES string of the molecule is CNS(=O)(=O)c1cc(/C=C/C(=O)OCC(=O)N2[C@@H](C)CCC[C@@H]2C)ccc1OC. The fourth-order valence-electron chi connectivity index (χ4n) is 3.45. The highest BCUT2D eigenvalue weighted by atomic mass is 32.2. The number of methoxy groups -OCH3 is 1. The summed E-state index contributed by atoms with van der Waals surface area (Å²) in [5, 5.41) is 0. The Labute approximate surface area is 171 Å². The van der Waals surface area contributed by atoms with Crippen LogP contribution in [0, 0.1) is 0 Å². The molecule has 0 spiro atoms. The number of piperidine rings is 1. The molecule has 29 heavy (non-hydrogen) atoms. The van der Waals surface area contributed by atoms with E-state index in [4.69, 9.17) is 9.47 Å². The van der Waals surface area contributed by atoms with Crippen LogP contribution >= 0.6 is 0 Å². The number of sulfonamides is 1. The molecule has 0 radical (unpaired) electrons. The maximum Gasteiger partial charge on any atom is 0.331 e. The van der Waals surface area contributed by atoms with Gasteiger partial charge in [0.25, 0.3) is 5.91 Å². The van der Waals surface area contributed by atoms with Gasteiger partial charge in [-0.25, -0.2) is 17.9 Å². The van der Waals surface area contributed by atoms with Crippen molar-refractivity contribution in [1.29, 1.82) is 0 Å². The van der Waals surface area contributed by atoms with Gasteiger partial charge in [0, 0.05) is 18.2 Å². The standard InChI is InChI=1S/C20H28N2O6S/c1-14-6-5-7-15(2)22(14)19(23)13-28-20(24)11-9-16-8-10-17(27-4)18(12-16)29(25,26)21-3/h8-12,14-15,21H,5-7,13H2,1-4H3/b11-9+/t14-,15-/m0/s1. The summed E-state index contributed by atoms with van der Waals surface area (Å²) in [7, 11) is -1.05. The molecule has 9 heteroatoms. The lowest BCUT2D eigenvalue weighted by Crippen LogP contribution is -2.49. The fraction of sp³-hybridized carbons (Fsp3) is 0.500. The van der Waals surface area contributed by atoms with Crippen LogP contribution in [0.5, 0.6) is 5.75 Å². The predicted octanol–water partition coefficient (Wildman–Crippen LogP) is 1.95. The van der Waals surface area contributed by atoms with Gasteiger partial charge in [-0.2, -0.15) is 0 Å². The molecule has 8 nitrogen and oxygen atoms in total. The predicted molar refractivity (Wildman–Crippen MR) is 109 cm³/mol. The first-order valence-corrected chi connectivity index (χ1v) is 11.0. The van der Waals surface area contributed by atoms with Crippen LogP contribution < -0.4 is 9.46 Å². The summed E-state index contributed by atoms with van der Waals surface area (Å²) >= 11 is 0. The van der Waals surface area contributed by atoms with Gasteiger partial charge in [-0.05, 0) is 63.9 Å². The molecule has 1 fully saturated rings. The van der Waals surface area contributed by atoms with Crippen LogP contribution in [0.25, 0.3) is 6.08 Å². The Morgan fingerprint density at radius 3 is 2.48 bits per heavy atom. The van der Waals surface area contributed by atoms with Crippen molar-refractivity contribution in [3.63, 3.8) is 0 Å². The number of amides is 1. The minimum absolute atomic E-state index is 0.0405. The molecule has 0 bridgehead atoms. The minimum atomic E-state index is -3.72. The number of benzene rings is 1. The van der Waals surface area contributed by atoms with Crippen LogP contribution in [-0.2, 0) is 24.3 Å². The molecule has 1 heterocycles. The average Bonchev–Trinajstić information content (AvgIpc) is 2.70. The molecule has 0 saturated carbocycles. The first-order chi connectivity index (χ1) is 13.7. The number of hydrogen-bond donors (Lipinski definition) is 1. The van der Waals surface area contributed by atoms with Crippen molar-refractivity contribution >= 4 is 28.0 Å². The second-order valence-corrected chi connectivity index (χ2v) is 8.84. The number of esters is 1. The molecule has 160 valence electrons. The van der Waals surface area contributed by atoms with Crippen molar-refractivity contribution in [2.45, 2.75) is 50.1 Å². The van der Waals surface area contributed by atoms with E-state index in [0.717, 1.165) is 25.3 Å². The Bertz CT molecular complexity index is 871. The van der Waals surface area contributed by atoms with Crippen molar-refractivity contribution in [1.82, 2.24) is 9.62 Å². The molecule has 1 aliphatic heterocycles. The van der Waals surface area contributed by atoms with Crippen molar-refractivity contribution in [3.8, 4) is 5.75 Å². The van der Waals surface area contributed by atoms with Crippen molar-refractivity contribution in [2.24, 2.45) is 0 Å². The smallest absolute Gasteiger partial charge is 0.331 e. The number of carbonyl (C=O) groups excluding carboxylic acids is 2. The molecule has 1 N–H and O–H groups in total. The van der Waals surface area contributed by atoms with Gasteiger partial charge >= 0.3 is 5.97 Å². The van der Waals surface area contributed by atoms with Crippen LogP contribution in [0.1, 0.15) is 38.7 Å². The van der Waals surface area contributed by atoms with Gasteiger partial charge in [0.05, 0.1) is 7.11 Å². The molecule has 1 aromatic rings. The fourth-order valence-corrected chi connectivity index (χ4v) is 4.38. The van der Waals surface area contributed by atoms with Gasteiger partial charge in [0.15, 0.2) is 6.61 Å². The van der Waals surface area contributed by atoms with Gasteiger partial charge in [0.2, 0.25) is 10.0 Å². The highest BCUT2D eigenvalue weighted by Gasteiger charge is 2.29. The number of hydrogen-bond acceptors (Lipinski definition) is 6. The molecule has 1 saturated heterocycles. The molecular formula is C20H28N2O6S. The monoisotopic (exact) mass is 424 g/mol. The van der Waals surface area contributed by atoms with Crippen LogP contribution in [0.3, 0.4) is 0 Å². The third-order valence-corrected chi connectivity index (χ3v) is 6.41. The zero-order valence-corrected chi connectivity index (χ0v) is 18.0. The zero-order chi connectivity index (χ0) is 21.6. The van der Waals surface area contributed by atoms with Crippen molar-refractivity contribution in [2.75, 3.05) is 20.8 Å². The van der Waals surface area contributed by atoms with Gasteiger partial charge in [0.1, 0.15) is 10.6 Å². The molecule has 0 aliphatic carbocycles. The average molecular weight is 425 g/mol. The van der Waals surface area contributed by atoms with E-state index in [1.54, 1.807) is 11.0 Å². The van der Waals surface area contributed by atoms with Crippen molar-refractivity contribution in [3.05, 3.63) is 29.8 Å². The van der Waals surface area contributed by atoms with Crippen LogP contribution in [0.2, 0.25) is 0 Å². The molecule has 2 atom stereocenters. The van der Waals surface area contributed by atoms with E-state index in [-0.39, 0.29) is 35.2 Å². The summed E-state index contributed by atoms with van der Waals surface area (Å²) in [6.07, 6.45) is 5.56. The summed E-state index contributed by atoms with van der Waals surface area (Å²) in [5.41, 5.74) is 0.473. The third-order valence-electron chi connectivity index (χ3n) is 4.98. The van der Waals surface area contributed by atoms with Gasteiger partial charge in [-0.3, -0.25) is 4.79 Å². The molecule has 1 aromatic carbocycles. The molecule has 0 unspecified atom stereocenters. The van der Waals surface area contributed by atoms with Crippen LogP contribution in [0.15, 0.2) is 29.2 Å². The number of carbonyl (C=O) groups is 2. The molecule has 0 aromatic heterocycles. The second-order valence-electron chi connectivity index (χ2n) is 6.99. The number of nitrogens with one attached hydrogen (secondary N) is 1. The van der Waals surface area contributed by atoms with E-state index >= 15 is 0 Å². The van der Waals surface area contributed by atoms with Crippen molar-refractivity contribution < 1.29 is 27.5 Å². The number of likely N-dealkylation sites (tertiary alicyclic amines) is 1. The Hall–Kier alpha value is -2.39. The Balaban J connectivity index is 2.02. The summed E-state index contributed by atoms with van der Waals surface area (Å²) in [6, 6.07) is 4.76. The normalized spacial score (nSPS) is 19.9. The van der Waals surface area contributed by atoms with Crippen LogP contribution in [-0.4, -0.2) is 58.0 Å². The summed E-state index contributed by atoms with van der Waals surface area (Å²) in [6.45, 7) is 3.67. The maximum absolute atomic E-state index is 12.4. The maximum atomic E-state index is 12.4. The number of rotatable bonds is 7. The van der Waals surface area contributed by atoms with E-state index in [1.807, 2.05) is 13.8 Å². The topological polar surface area (TPSA) is 102 Å². The van der Waals surface area contributed by atoms with Gasteiger partial charge in [-0.15, -0.1) is 0 Å². The molecule has 2 rings (SSSR count). The Morgan fingerprint density at radius 2 is 1.90 bits per heavy atom. The first kappa shape index (κ1) is 22.9. The zero-order valence-electron chi connectivity index (χ0n) is 17.2. The molecule has 1 aliphatic rings.